The lowest BCUT2D eigenvalue weighted by molar-refractivity contribution is 0.122. The van der Waals surface area contributed by atoms with Crippen LogP contribution in [0.5, 0.6) is 0 Å². The van der Waals surface area contributed by atoms with Gasteiger partial charge in [-0.3, -0.25) is 0 Å². The van der Waals surface area contributed by atoms with E-state index in [4.69, 9.17) is 4.74 Å². The molecule has 100 valence electrons. The molecule has 0 aliphatic carbocycles. The van der Waals surface area contributed by atoms with Crippen LogP contribution in [0.3, 0.4) is 0 Å². The van der Waals surface area contributed by atoms with Gasteiger partial charge in [-0.25, -0.2) is 9.97 Å². The second kappa shape index (κ2) is 6.00. The van der Waals surface area contributed by atoms with Crippen LogP contribution in [0.2, 0.25) is 0 Å². The highest BCUT2D eigenvalue weighted by atomic mass is 16.5. The largest absolute Gasteiger partial charge is 0.378 e. The van der Waals surface area contributed by atoms with Crippen LogP contribution in [0.1, 0.15) is 19.7 Å². The number of morpholine rings is 1. The number of nitrogens with zero attached hydrogens (tertiary/aromatic N) is 4. The third kappa shape index (κ3) is 2.90. The molecule has 0 bridgehead atoms. The van der Waals surface area contributed by atoms with Gasteiger partial charge in [-0.2, -0.15) is 0 Å². The van der Waals surface area contributed by atoms with Crippen LogP contribution in [-0.4, -0.2) is 49.4 Å². The molecule has 1 aliphatic heterocycles. The maximum Gasteiger partial charge on any atom is 0.134 e. The first kappa shape index (κ1) is 13.1. The van der Waals surface area contributed by atoms with Crippen molar-refractivity contribution in [1.29, 1.82) is 0 Å². The minimum Gasteiger partial charge on any atom is -0.378 e. The maximum absolute atomic E-state index is 5.38. The molecule has 0 radical (unpaired) electrons. The van der Waals surface area contributed by atoms with Gasteiger partial charge in [0.05, 0.1) is 13.2 Å². The fourth-order valence-electron chi connectivity index (χ4n) is 2.20. The molecule has 0 atom stereocenters. The van der Waals surface area contributed by atoms with Crippen molar-refractivity contribution >= 4 is 11.6 Å². The number of hydrogen-bond donors (Lipinski definition) is 0. The summed E-state index contributed by atoms with van der Waals surface area (Å²) in [7, 11) is 0. The summed E-state index contributed by atoms with van der Waals surface area (Å²) in [6, 6.07) is 2.09. The third-order valence-electron chi connectivity index (χ3n) is 3.23. The second-order valence-corrected chi connectivity index (χ2v) is 4.40. The zero-order valence-electron chi connectivity index (χ0n) is 11.5. The molecule has 5 heteroatoms. The Bertz CT molecular complexity index is 387. The van der Waals surface area contributed by atoms with Crippen LogP contribution in [0, 0.1) is 6.92 Å². The van der Waals surface area contributed by atoms with Crippen LogP contribution in [-0.2, 0) is 4.74 Å². The van der Waals surface area contributed by atoms with Crippen molar-refractivity contribution in [1.82, 2.24) is 9.97 Å². The van der Waals surface area contributed by atoms with Crippen LogP contribution in [0.4, 0.5) is 11.6 Å². The molecule has 2 heterocycles. The Kier molecular flexibility index (Phi) is 4.36. The summed E-state index contributed by atoms with van der Waals surface area (Å²) in [4.78, 5) is 13.6. The Hall–Kier alpha value is -1.36. The predicted octanol–water partition coefficient (Wildman–Crippen LogP) is 1.47. The molecule has 1 aromatic rings. The average molecular weight is 250 g/mol. The summed E-state index contributed by atoms with van der Waals surface area (Å²) in [5.74, 6) is 2.88. The van der Waals surface area contributed by atoms with E-state index in [1.54, 1.807) is 0 Å². The molecule has 0 amide bonds. The molecule has 1 aromatic heterocycles. The summed E-state index contributed by atoms with van der Waals surface area (Å²) in [5, 5.41) is 0. The lowest BCUT2D eigenvalue weighted by Crippen LogP contribution is -2.37. The topological polar surface area (TPSA) is 41.5 Å². The molecule has 0 saturated carbocycles. The highest BCUT2D eigenvalue weighted by Gasteiger charge is 2.15. The lowest BCUT2D eigenvalue weighted by atomic mass is 10.3. The zero-order chi connectivity index (χ0) is 13.0. The minimum absolute atomic E-state index is 0.781. The highest BCUT2D eigenvalue weighted by Crippen LogP contribution is 2.19. The van der Waals surface area contributed by atoms with Gasteiger partial charge in [-0.15, -0.1) is 0 Å². The molecule has 0 aromatic carbocycles. The van der Waals surface area contributed by atoms with Gasteiger partial charge in [-0.05, 0) is 20.8 Å². The van der Waals surface area contributed by atoms with Gasteiger partial charge in [0.15, 0.2) is 0 Å². The quantitative estimate of drug-likeness (QED) is 0.809. The van der Waals surface area contributed by atoms with Gasteiger partial charge >= 0.3 is 0 Å². The first-order valence-corrected chi connectivity index (χ1v) is 6.68. The molecule has 0 N–H and O–H groups in total. The van der Waals surface area contributed by atoms with E-state index in [-0.39, 0.29) is 0 Å². The van der Waals surface area contributed by atoms with Crippen LogP contribution in [0.15, 0.2) is 6.07 Å². The number of rotatable bonds is 4. The Labute approximate surface area is 109 Å². The molecular weight excluding hydrogens is 228 g/mol. The Morgan fingerprint density at radius 3 is 2.50 bits per heavy atom. The van der Waals surface area contributed by atoms with Crippen molar-refractivity contribution in [3.63, 3.8) is 0 Å². The smallest absolute Gasteiger partial charge is 0.134 e. The van der Waals surface area contributed by atoms with Crippen LogP contribution in [0.25, 0.3) is 0 Å². The second-order valence-electron chi connectivity index (χ2n) is 4.40. The highest BCUT2D eigenvalue weighted by molar-refractivity contribution is 5.51. The molecule has 1 aliphatic rings. The number of ether oxygens (including phenoxy) is 1. The molecular formula is C13H22N4O. The van der Waals surface area contributed by atoms with E-state index in [0.717, 1.165) is 56.9 Å². The van der Waals surface area contributed by atoms with Gasteiger partial charge in [0.1, 0.15) is 17.5 Å². The monoisotopic (exact) mass is 250 g/mol. The number of aromatic nitrogens is 2. The molecule has 0 unspecified atom stereocenters. The van der Waals surface area contributed by atoms with E-state index in [0.29, 0.717) is 0 Å². The first-order chi connectivity index (χ1) is 8.74. The van der Waals surface area contributed by atoms with Gasteiger partial charge in [-0.1, -0.05) is 0 Å². The average Bonchev–Trinajstić information content (AvgIpc) is 2.40. The van der Waals surface area contributed by atoms with Crippen molar-refractivity contribution in [2.45, 2.75) is 20.8 Å². The van der Waals surface area contributed by atoms with Gasteiger partial charge in [0.25, 0.3) is 0 Å². The van der Waals surface area contributed by atoms with Crippen molar-refractivity contribution in [3.05, 3.63) is 11.9 Å². The summed E-state index contributed by atoms with van der Waals surface area (Å²) < 4.78 is 5.38. The zero-order valence-corrected chi connectivity index (χ0v) is 11.5. The minimum atomic E-state index is 0.781. The fraction of sp³-hybridized carbons (Fsp3) is 0.692. The SMILES string of the molecule is CCN(CC)c1cc(N2CCOCC2)nc(C)n1. The third-order valence-corrected chi connectivity index (χ3v) is 3.23. The van der Waals surface area contributed by atoms with Crippen molar-refractivity contribution in [2.75, 3.05) is 49.2 Å². The predicted molar refractivity (Wildman–Crippen MR) is 73.4 cm³/mol. The van der Waals surface area contributed by atoms with E-state index in [1.165, 1.54) is 0 Å². The standard InChI is InChI=1S/C13H22N4O/c1-4-16(5-2)12-10-13(15-11(3)14-12)17-6-8-18-9-7-17/h10H,4-9H2,1-3H3. The summed E-state index contributed by atoms with van der Waals surface area (Å²) in [5.41, 5.74) is 0. The van der Waals surface area contributed by atoms with E-state index in [2.05, 4.69) is 39.7 Å². The van der Waals surface area contributed by atoms with Gasteiger partial charge in [0.2, 0.25) is 0 Å². The van der Waals surface area contributed by atoms with E-state index in [9.17, 15) is 0 Å². The van der Waals surface area contributed by atoms with E-state index >= 15 is 0 Å². The number of aryl methyl sites for hydroxylation is 1. The van der Waals surface area contributed by atoms with E-state index in [1.807, 2.05) is 6.92 Å². The molecule has 2 rings (SSSR count). The molecule has 5 nitrogen and oxygen atoms in total. The summed E-state index contributed by atoms with van der Waals surface area (Å²) in [6.45, 7) is 11.6. The molecule has 1 fully saturated rings. The number of anilines is 2. The molecule has 0 spiro atoms. The molecule has 1 saturated heterocycles. The van der Waals surface area contributed by atoms with Gasteiger partial charge < -0.3 is 14.5 Å². The van der Waals surface area contributed by atoms with E-state index < -0.39 is 0 Å². The van der Waals surface area contributed by atoms with Crippen molar-refractivity contribution in [2.24, 2.45) is 0 Å². The normalized spacial score (nSPS) is 15.8. The molecule has 18 heavy (non-hydrogen) atoms. The van der Waals surface area contributed by atoms with Crippen molar-refractivity contribution < 1.29 is 4.74 Å². The fourth-order valence-corrected chi connectivity index (χ4v) is 2.20. The Morgan fingerprint density at radius 2 is 1.89 bits per heavy atom. The maximum atomic E-state index is 5.38. The Balaban J connectivity index is 2.24. The van der Waals surface area contributed by atoms with Crippen LogP contribution < -0.4 is 9.80 Å². The summed E-state index contributed by atoms with van der Waals surface area (Å²) in [6.07, 6.45) is 0. The number of hydrogen-bond acceptors (Lipinski definition) is 5. The lowest BCUT2D eigenvalue weighted by Gasteiger charge is -2.29. The van der Waals surface area contributed by atoms with Gasteiger partial charge in [0, 0.05) is 32.2 Å². The van der Waals surface area contributed by atoms with Crippen LogP contribution >= 0.6 is 0 Å². The summed E-state index contributed by atoms with van der Waals surface area (Å²) >= 11 is 0. The van der Waals surface area contributed by atoms with Crippen molar-refractivity contribution in [3.8, 4) is 0 Å². The Morgan fingerprint density at radius 1 is 1.22 bits per heavy atom. The first-order valence-electron chi connectivity index (χ1n) is 6.68.